The Bertz CT molecular complexity index is 751. The second-order valence-electron chi connectivity index (χ2n) is 6.32. The summed E-state index contributed by atoms with van der Waals surface area (Å²) in [6.07, 6.45) is 1.90. The Morgan fingerprint density at radius 2 is 1.96 bits per heavy atom. The van der Waals surface area contributed by atoms with E-state index in [0.717, 1.165) is 11.1 Å². The minimum absolute atomic E-state index is 0.0620. The van der Waals surface area contributed by atoms with Crippen molar-refractivity contribution in [2.75, 3.05) is 6.61 Å². The summed E-state index contributed by atoms with van der Waals surface area (Å²) in [4.78, 5) is 31.2. The Morgan fingerprint density at radius 3 is 2.50 bits per heavy atom. The van der Waals surface area contributed by atoms with Crippen molar-refractivity contribution in [3.63, 3.8) is 0 Å². The van der Waals surface area contributed by atoms with E-state index in [4.69, 9.17) is 0 Å². The smallest absolute Gasteiger partial charge is 0.264 e. The van der Waals surface area contributed by atoms with Crippen LogP contribution in [0.4, 0.5) is 0 Å². The standard InChI is InChI=1S/C18H23N3O3/c1-11(2)8-14(10-22)20-17(23)15-9-19-16(21-18(15)24)13-6-4-12(3)5-7-13/h4-7,9,11,14,22H,8,10H2,1-3H3,(H,20,23)(H,19,21,24). The Hall–Kier alpha value is -2.47. The SMILES string of the molecule is Cc1ccc(-c2ncc(C(=O)NC(CO)CC(C)C)c(=O)[nH]2)cc1. The molecular formula is C18H23N3O3. The number of carbonyl (C=O) groups excluding carboxylic acids is 1. The molecule has 0 aliphatic carbocycles. The number of nitrogens with one attached hydrogen (secondary N) is 2. The van der Waals surface area contributed by atoms with Crippen LogP contribution in [0.25, 0.3) is 11.4 Å². The zero-order valence-corrected chi connectivity index (χ0v) is 14.2. The van der Waals surface area contributed by atoms with Crippen molar-refractivity contribution >= 4 is 5.91 Å². The number of rotatable bonds is 6. The van der Waals surface area contributed by atoms with Crippen molar-refractivity contribution in [2.45, 2.75) is 33.2 Å². The summed E-state index contributed by atoms with van der Waals surface area (Å²) < 4.78 is 0. The van der Waals surface area contributed by atoms with Gasteiger partial charge >= 0.3 is 0 Å². The molecule has 0 saturated carbocycles. The zero-order valence-electron chi connectivity index (χ0n) is 14.2. The van der Waals surface area contributed by atoms with Crippen LogP contribution < -0.4 is 10.9 Å². The van der Waals surface area contributed by atoms with Crippen LogP contribution in [-0.2, 0) is 0 Å². The van der Waals surface area contributed by atoms with Gasteiger partial charge in [-0.1, -0.05) is 43.7 Å². The molecule has 0 saturated heterocycles. The fourth-order valence-electron chi connectivity index (χ4n) is 2.43. The van der Waals surface area contributed by atoms with Gasteiger partial charge in [-0.05, 0) is 19.3 Å². The van der Waals surface area contributed by atoms with Crippen LogP contribution >= 0.6 is 0 Å². The van der Waals surface area contributed by atoms with Crippen LogP contribution in [-0.4, -0.2) is 33.6 Å². The van der Waals surface area contributed by atoms with E-state index < -0.39 is 11.5 Å². The van der Waals surface area contributed by atoms with Crippen LogP contribution in [0, 0.1) is 12.8 Å². The molecule has 6 heteroatoms. The Labute approximate surface area is 141 Å². The van der Waals surface area contributed by atoms with Crippen molar-refractivity contribution < 1.29 is 9.90 Å². The van der Waals surface area contributed by atoms with Crippen LogP contribution in [0.2, 0.25) is 0 Å². The first-order chi connectivity index (χ1) is 11.4. The number of nitrogens with zero attached hydrogens (tertiary/aromatic N) is 1. The number of H-pyrrole nitrogens is 1. The summed E-state index contributed by atoms with van der Waals surface area (Å²) in [5, 5.41) is 12.0. The second kappa shape index (κ2) is 7.88. The average molecular weight is 329 g/mol. The van der Waals surface area contributed by atoms with Crippen LogP contribution in [0.5, 0.6) is 0 Å². The van der Waals surface area contributed by atoms with Gasteiger partial charge < -0.3 is 15.4 Å². The molecule has 1 atom stereocenters. The summed E-state index contributed by atoms with van der Waals surface area (Å²) in [7, 11) is 0. The minimum atomic E-state index is -0.529. The number of aliphatic hydroxyl groups is 1. The third-order valence-corrected chi connectivity index (χ3v) is 3.68. The Morgan fingerprint density at radius 1 is 1.29 bits per heavy atom. The van der Waals surface area contributed by atoms with E-state index in [1.165, 1.54) is 6.20 Å². The number of aryl methyl sites for hydroxylation is 1. The molecule has 0 bridgehead atoms. The van der Waals surface area contributed by atoms with E-state index in [9.17, 15) is 14.7 Å². The van der Waals surface area contributed by atoms with E-state index in [1.807, 2.05) is 45.0 Å². The number of aromatic amines is 1. The van der Waals surface area contributed by atoms with Gasteiger partial charge in [-0.15, -0.1) is 0 Å². The molecule has 0 aliphatic heterocycles. The van der Waals surface area contributed by atoms with Crippen LogP contribution in [0.3, 0.4) is 0 Å². The molecule has 1 unspecified atom stereocenters. The molecular weight excluding hydrogens is 306 g/mol. The molecule has 2 rings (SSSR count). The average Bonchev–Trinajstić information content (AvgIpc) is 2.54. The summed E-state index contributed by atoms with van der Waals surface area (Å²) >= 11 is 0. The molecule has 0 aliphatic rings. The fraction of sp³-hybridized carbons (Fsp3) is 0.389. The van der Waals surface area contributed by atoms with Crippen molar-refractivity contribution in [2.24, 2.45) is 5.92 Å². The molecule has 128 valence electrons. The van der Waals surface area contributed by atoms with Crippen molar-refractivity contribution in [3.8, 4) is 11.4 Å². The third-order valence-electron chi connectivity index (χ3n) is 3.68. The summed E-state index contributed by atoms with van der Waals surface area (Å²) in [6, 6.07) is 7.19. The lowest BCUT2D eigenvalue weighted by Gasteiger charge is -2.17. The normalized spacial score (nSPS) is 12.2. The molecule has 1 aromatic carbocycles. The highest BCUT2D eigenvalue weighted by Gasteiger charge is 2.17. The van der Waals surface area contributed by atoms with E-state index in [-0.39, 0.29) is 18.2 Å². The molecule has 0 radical (unpaired) electrons. The van der Waals surface area contributed by atoms with Crippen molar-refractivity contribution in [3.05, 3.63) is 51.9 Å². The maximum absolute atomic E-state index is 12.2. The van der Waals surface area contributed by atoms with E-state index in [1.54, 1.807) is 0 Å². The summed E-state index contributed by atoms with van der Waals surface area (Å²) in [5.74, 6) is 0.208. The summed E-state index contributed by atoms with van der Waals surface area (Å²) in [6.45, 7) is 5.80. The lowest BCUT2D eigenvalue weighted by molar-refractivity contribution is 0.0906. The predicted octanol–water partition coefficient (Wildman–Crippen LogP) is 1.88. The van der Waals surface area contributed by atoms with Gasteiger partial charge in [0, 0.05) is 11.8 Å². The number of hydrogen-bond acceptors (Lipinski definition) is 4. The second-order valence-corrected chi connectivity index (χ2v) is 6.32. The molecule has 3 N–H and O–H groups in total. The maximum Gasteiger partial charge on any atom is 0.264 e. The van der Waals surface area contributed by atoms with Crippen molar-refractivity contribution in [1.82, 2.24) is 15.3 Å². The van der Waals surface area contributed by atoms with Gasteiger partial charge in [-0.2, -0.15) is 0 Å². The van der Waals surface area contributed by atoms with Gasteiger partial charge in [-0.3, -0.25) is 9.59 Å². The van der Waals surface area contributed by atoms with Gasteiger partial charge in [0.25, 0.3) is 11.5 Å². The highest BCUT2D eigenvalue weighted by molar-refractivity contribution is 5.93. The fourth-order valence-corrected chi connectivity index (χ4v) is 2.43. The summed E-state index contributed by atoms with van der Waals surface area (Å²) in [5.41, 5.74) is 1.32. The number of aromatic nitrogens is 2. The molecule has 1 aromatic heterocycles. The topological polar surface area (TPSA) is 95.1 Å². The molecule has 0 fully saturated rings. The first-order valence-electron chi connectivity index (χ1n) is 7.98. The highest BCUT2D eigenvalue weighted by Crippen LogP contribution is 2.14. The van der Waals surface area contributed by atoms with Gasteiger partial charge in [0.15, 0.2) is 0 Å². The van der Waals surface area contributed by atoms with Gasteiger partial charge in [0.2, 0.25) is 0 Å². The molecule has 24 heavy (non-hydrogen) atoms. The minimum Gasteiger partial charge on any atom is -0.394 e. The first kappa shape index (κ1) is 17.9. The zero-order chi connectivity index (χ0) is 17.7. The number of amides is 1. The quantitative estimate of drug-likeness (QED) is 0.754. The lowest BCUT2D eigenvalue weighted by Crippen LogP contribution is -2.40. The number of aliphatic hydroxyl groups excluding tert-OH is 1. The van der Waals surface area contributed by atoms with E-state index in [0.29, 0.717) is 18.2 Å². The van der Waals surface area contributed by atoms with Crippen LogP contribution in [0.15, 0.2) is 35.3 Å². The molecule has 2 aromatic rings. The number of carbonyl (C=O) groups is 1. The first-order valence-corrected chi connectivity index (χ1v) is 7.98. The third kappa shape index (κ3) is 4.52. The molecule has 1 amide bonds. The lowest BCUT2D eigenvalue weighted by atomic mass is 10.0. The van der Waals surface area contributed by atoms with E-state index in [2.05, 4.69) is 15.3 Å². The molecule has 6 nitrogen and oxygen atoms in total. The maximum atomic E-state index is 12.2. The van der Waals surface area contributed by atoms with Crippen LogP contribution in [0.1, 0.15) is 36.2 Å². The highest BCUT2D eigenvalue weighted by atomic mass is 16.3. The van der Waals surface area contributed by atoms with Gasteiger partial charge in [0.1, 0.15) is 11.4 Å². The monoisotopic (exact) mass is 329 g/mol. The van der Waals surface area contributed by atoms with Gasteiger partial charge in [-0.25, -0.2) is 4.98 Å². The number of hydrogen-bond donors (Lipinski definition) is 3. The Balaban J connectivity index is 2.18. The largest absolute Gasteiger partial charge is 0.394 e. The number of benzene rings is 1. The predicted molar refractivity (Wildman–Crippen MR) is 92.8 cm³/mol. The van der Waals surface area contributed by atoms with Gasteiger partial charge in [0.05, 0.1) is 12.6 Å². The van der Waals surface area contributed by atoms with Crippen molar-refractivity contribution in [1.29, 1.82) is 0 Å². The Kier molecular flexibility index (Phi) is 5.87. The molecule has 0 spiro atoms. The van der Waals surface area contributed by atoms with E-state index >= 15 is 0 Å². The molecule has 1 heterocycles.